The third kappa shape index (κ3) is 5.38. The monoisotopic (exact) mass is 611 g/mol. The molecule has 0 bridgehead atoms. The van der Waals surface area contributed by atoms with Crippen molar-refractivity contribution >= 4 is 44.1 Å². The molecule has 4 rings (SSSR count). The minimum absolute atomic E-state index is 0.0584. The number of carbonyl (C=O) groups is 1. The highest BCUT2D eigenvalue weighted by molar-refractivity contribution is 14.1. The van der Waals surface area contributed by atoms with Crippen molar-refractivity contribution in [3.05, 3.63) is 104 Å². The highest BCUT2D eigenvalue weighted by Crippen LogP contribution is 2.32. The number of nitriles is 1. The maximum Gasteiger partial charge on any atom is 0.253 e. The van der Waals surface area contributed by atoms with Crippen LogP contribution in [0.25, 0.3) is 5.57 Å². The highest BCUT2D eigenvalue weighted by atomic mass is 127. The summed E-state index contributed by atoms with van der Waals surface area (Å²) in [6, 6.07) is 20.1. The van der Waals surface area contributed by atoms with Gasteiger partial charge in [-0.1, -0.05) is 48.0 Å². The number of piperazine rings is 1. The van der Waals surface area contributed by atoms with E-state index in [2.05, 4.69) is 29.2 Å². The van der Waals surface area contributed by atoms with Crippen molar-refractivity contribution in [2.75, 3.05) is 26.2 Å². The Morgan fingerprint density at radius 3 is 2.22 bits per heavy atom. The first-order valence-corrected chi connectivity index (χ1v) is 14.0. The van der Waals surface area contributed by atoms with Gasteiger partial charge >= 0.3 is 0 Å². The van der Waals surface area contributed by atoms with Gasteiger partial charge in [0.1, 0.15) is 0 Å². The van der Waals surface area contributed by atoms with Crippen LogP contribution in [0.3, 0.4) is 0 Å². The first-order valence-electron chi connectivity index (χ1n) is 11.5. The van der Waals surface area contributed by atoms with Gasteiger partial charge in [-0.15, -0.1) is 0 Å². The Morgan fingerprint density at radius 2 is 1.61 bits per heavy atom. The van der Waals surface area contributed by atoms with Crippen LogP contribution in [0.2, 0.25) is 0 Å². The first-order chi connectivity index (χ1) is 17.1. The molecule has 0 saturated carbocycles. The van der Waals surface area contributed by atoms with Crippen molar-refractivity contribution in [3.63, 3.8) is 0 Å². The number of carbonyl (C=O) groups excluding carboxylic acids is 1. The first kappa shape index (κ1) is 26.1. The summed E-state index contributed by atoms with van der Waals surface area (Å²) >= 11 is 2.16. The molecule has 0 unspecified atom stereocenters. The second-order valence-corrected chi connectivity index (χ2v) is 12.0. The molecule has 8 heteroatoms. The molecule has 184 valence electrons. The van der Waals surface area contributed by atoms with Crippen molar-refractivity contribution in [2.45, 2.75) is 18.7 Å². The van der Waals surface area contributed by atoms with Gasteiger partial charge < -0.3 is 4.90 Å². The SMILES string of the molecule is C=C(c1cc(C)cc(C)c1)c1ccc(C#N)cc1S(=O)(=O)N1CCN(C(=O)c2cccc(I)c2)CC1. The normalized spacial score (nSPS) is 14.3. The molecule has 6 nitrogen and oxygen atoms in total. The van der Waals surface area contributed by atoms with Crippen molar-refractivity contribution in [1.29, 1.82) is 5.26 Å². The summed E-state index contributed by atoms with van der Waals surface area (Å²) in [6.45, 7) is 9.09. The van der Waals surface area contributed by atoms with Gasteiger partial charge in [0.25, 0.3) is 5.91 Å². The third-order valence-corrected chi connectivity index (χ3v) is 8.83. The van der Waals surface area contributed by atoms with Crippen molar-refractivity contribution < 1.29 is 13.2 Å². The predicted octanol–water partition coefficient (Wildman–Crippen LogP) is 4.99. The summed E-state index contributed by atoms with van der Waals surface area (Å²) in [4.78, 5) is 14.7. The Morgan fingerprint density at radius 1 is 0.944 bits per heavy atom. The Balaban J connectivity index is 1.62. The molecule has 0 aromatic heterocycles. The highest BCUT2D eigenvalue weighted by Gasteiger charge is 2.32. The van der Waals surface area contributed by atoms with E-state index in [1.54, 1.807) is 23.1 Å². The minimum Gasteiger partial charge on any atom is -0.336 e. The second kappa shape index (κ2) is 10.5. The molecular weight excluding hydrogens is 585 g/mol. The number of aryl methyl sites for hydroxylation is 2. The van der Waals surface area contributed by atoms with Gasteiger partial charge in [-0.05, 0) is 77.9 Å². The number of hydrogen-bond acceptors (Lipinski definition) is 4. The number of benzene rings is 3. The maximum atomic E-state index is 13.8. The largest absolute Gasteiger partial charge is 0.336 e. The fraction of sp³-hybridized carbons (Fsp3) is 0.214. The van der Waals surface area contributed by atoms with Crippen LogP contribution in [-0.2, 0) is 10.0 Å². The molecule has 0 aliphatic carbocycles. The van der Waals surface area contributed by atoms with E-state index < -0.39 is 10.0 Å². The number of nitrogens with zero attached hydrogens (tertiary/aromatic N) is 3. The average Bonchev–Trinajstić information content (AvgIpc) is 2.87. The molecule has 1 fully saturated rings. The topological polar surface area (TPSA) is 81.5 Å². The number of sulfonamides is 1. The molecular formula is C28H26IN3O3S. The van der Waals surface area contributed by atoms with Crippen LogP contribution in [0.1, 0.15) is 38.2 Å². The fourth-order valence-corrected chi connectivity index (χ4v) is 6.64. The molecule has 3 aromatic rings. The Bertz CT molecular complexity index is 1480. The summed E-state index contributed by atoms with van der Waals surface area (Å²) in [5.41, 5.74) is 4.84. The standard InChI is InChI=1S/C28H26IN3O3S/c1-19-13-20(2)15-24(14-19)21(3)26-8-7-22(18-30)16-27(26)36(34,35)32-11-9-31(10-12-32)28(33)23-5-4-6-25(29)17-23/h4-8,13-17H,3,9-12H2,1-2H3. The number of rotatable bonds is 5. The average molecular weight is 612 g/mol. The van der Waals surface area contributed by atoms with E-state index >= 15 is 0 Å². The van der Waals surface area contributed by atoms with Crippen LogP contribution in [0, 0.1) is 28.7 Å². The fourth-order valence-electron chi connectivity index (χ4n) is 4.43. The van der Waals surface area contributed by atoms with Crippen molar-refractivity contribution in [2.24, 2.45) is 0 Å². The zero-order valence-corrected chi connectivity index (χ0v) is 23.1. The maximum absolute atomic E-state index is 13.8. The lowest BCUT2D eigenvalue weighted by Gasteiger charge is -2.34. The molecule has 1 amide bonds. The van der Waals surface area contributed by atoms with E-state index in [0.717, 1.165) is 20.3 Å². The van der Waals surface area contributed by atoms with Gasteiger partial charge in [-0.25, -0.2) is 8.42 Å². The van der Waals surface area contributed by atoms with E-state index in [1.165, 1.54) is 10.4 Å². The quantitative estimate of drug-likeness (QED) is 0.381. The number of amides is 1. The predicted molar refractivity (Wildman–Crippen MR) is 149 cm³/mol. The van der Waals surface area contributed by atoms with Crippen LogP contribution in [0.4, 0.5) is 0 Å². The van der Waals surface area contributed by atoms with Crippen LogP contribution in [0.5, 0.6) is 0 Å². The van der Waals surface area contributed by atoms with Gasteiger partial charge in [0.2, 0.25) is 10.0 Å². The van der Waals surface area contributed by atoms with Crippen LogP contribution >= 0.6 is 22.6 Å². The van der Waals surface area contributed by atoms with Gasteiger partial charge in [0, 0.05) is 40.9 Å². The summed E-state index contributed by atoms with van der Waals surface area (Å²) < 4.78 is 30.0. The Labute approximate surface area is 226 Å². The van der Waals surface area contributed by atoms with Gasteiger partial charge in [-0.3, -0.25) is 4.79 Å². The molecule has 3 aromatic carbocycles. The molecule has 1 aliphatic heterocycles. The second-order valence-electron chi connectivity index (χ2n) is 8.88. The van der Waals surface area contributed by atoms with E-state index in [0.29, 0.717) is 16.7 Å². The zero-order valence-electron chi connectivity index (χ0n) is 20.2. The molecule has 1 heterocycles. The summed E-state index contributed by atoms with van der Waals surface area (Å²) in [5, 5.41) is 9.46. The smallest absolute Gasteiger partial charge is 0.253 e. The lowest BCUT2D eigenvalue weighted by atomic mass is 9.96. The summed E-state index contributed by atoms with van der Waals surface area (Å²) in [7, 11) is -3.94. The van der Waals surface area contributed by atoms with Crippen LogP contribution in [0.15, 0.2) is 72.1 Å². The molecule has 1 saturated heterocycles. The zero-order chi connectivity index (χ0) is 26.0. The lowest BCUT2D eigenvalue weighted by molar-refractivity contribution is 0.0698. The third-order valence-electron chi connectivity index (χ3n) is 6.22. The summed E-state index contributed by atoms with van der Waals surface area (Å²) in [5.74, 6) is -0.110. The summed E-state index contributed by atoms with van der Waals surface area (Å²) in [6.07, 6.45) is 0. The lowest BCUT2D eigenvalue weighted by Crippen LogP contribution is -2.50. The van der Waals surface area contributed by atoms with Gasteiger partial charge in [-0.2, -0.15) is 9.57 Å². The Kier molecular flexibility index (Phi) is 7.64. The van der Waals surface area contributed by atoms with Crippen molar-refractivity contribution in [3.8, 4) is 6.07 Å². The van der Waals surface area contributed by atoms with Crippen LogP contribution < -0.4 is 0 Å². The molecule has 0 N–H and O–H groups in total. The van der Waals surface area contributed by atoms with Crippen LogP contribution in [-0.4, -0.2) is 49.7 Å². The number of halogens is 1. The molecule has 1 aliphatic rings. The van der Waals surface area contributed by atoms with Crippen molar-refractivity contribution in [1.82, 2.24) is 9.21 Å². The Hall–Kier alpha value is -3.00. The number of hydrogen-bond donors (Lipinski definition) is 0. The van der Waals surface area contributed by atoms with E-state index in [1.807, 2.05) is 56.3 Å². The molecule has 0 radical (unpaired) electrons. The molecule has 0 atom stereocenters. The van der Waals surface area contributed by atoms with E-state index in [9.17, 15) is 18.5 Å². The van der Waals surface area contributed by atoms with E-state index in [-0.39, 0.29) is 42.5 Å². The minimum atomic E-state index is -3.94. The molecule has 0 spiro atoms. The van der Waals surface area contributed by atoms with E-state index in [4.69, 9.17) is 0 Å². The van der Waals surface area contributed by atoms with Gasteiger partial charge in [0.05, 0.1) is 16.5 Å². The molecule has 36 heavy (non-hydrogen) atoms. The van der Waals surface area contributed by atoms with Gasteiger partial charge in [0.15, 0.2) is 0 Å².